The lowest BCUT2D eigenvalue weighted by Crippen LogP contribution is -2.02. The van der Waals surface area contributed by atoms with Gasteiger partial charge in [-0.1, -0.05) is 42.8 Å². The van der Waals surface area contributed by atoms with Crippen molar-refractivity contribution in [3.05, 3.63) is 51.3 Å². The molecule has 3 nitrogen and oxygen atoms in total. The second-order valence-electron chi connectivity index (χ2n) is 4.46. The van der Waals surface area contributed by atoms with Gasteiger partial charge >= 0.3 is 0 Å². The Labute approximate surface area is 126 Å². The van der Waals surface area contributed by atoms with E-state index >= 15 is 0 Å². The van der Waals surface area contributed by atoms with Gasteiger partial charge in [-0.3, -0.25) is 0 Å². The fraction of sp³-hybridized carbons (Fsp3) is 0.200. The van der Waals surface area contributed by atoms with Crippen LogP contribution in [0.15, 0.2) is 36.4 Å². The van der Waals surface area contributed by atoms with Crippen molar-refractivity contribution in [3.8, 4) is 0 Å². The molecule has 5 heteroatoms. The highest BCUT2D eigenvalue weighted by Crippen LogP contribution is 2.26. The van der Waals surface area contributed by atoms with Crippen molar-refractivity contribution in [1.29, 1.82) is 0 Å². The van der Waals surface area contributed by atoms with Gasteiger partial charge < -0.3 is 5.32 Å². The summed E-state index contributed by atoms with van der Waals surface area (Å²) >= 11 is 7.89. The number of hydrogen-bond donors (Lipinski definition) is 1. The molecule has 0 spiro atoms. The Morgan fingerprint density at radius 1 is 1.05 bits per heavy atom. The van der Waals surface area contributed by atoms with Crippen LogP contribution in [0.4, 0.5) is 5.82 Å². The number of nitrogens with one attached hydrogen (secondary N) is 1. The summed E-state index contributed by atoms with van der Waals surface area (Å²) in [5.74, 6) is 0.774. The van der Waals surface area contributed by atoms with Crippen molar-refractivity contribution in [2.24, 2.45) is 0 Å². The van der Waals surface area contributed by atoms with Crippen molar-refractivity contribution >= 4 is 39.5 Å². The summed E-state index contributed by atoms with van der Waals surface area (Å²) in [4.78, 5) is 2.69. The summed E-state index contributed by atoms with van der Waals surface area (Å²) < 4.78 is 0. The second kappa shape index (κ2) is 5.77. The van der Waals surface area contributed by atoms with E-state index in [1.165, 1.54) is 9.75 Å². The molecule has 3 aromatic rings. The molecule has 0 aliphatic rings. The number of halogens is 1. The van der Waals surface area contributed by atoms with Gasteiger partial charge in [-0.25, -0.2) is 0 Å². The lowest BCUT2D eigenvalue weighted by atomic mass is 10.2. The van der Waals surface area contributed by atoms with Crippen LogP contribution in [0.2, 0.25) is 5.15 Å². The number of aromatic nitrogens is 2. The van der Waals surface area contributed by atoms with Gasteiger partial charge in [-0.05, 0) is 18.6 Å². The van der Waals surface area contributed by atoms with Crippen molar-refractivity contribution < 1.29 is 0 Å². The summed E-state index contributed by atoms with van der Waals surface area (Å²) in [6.45, 7) is 2.92. The van der Waals surface area contributed by atoms with Crippen LogP contribution in [0.1, 0.15) is 16.7 Å². The molecule has 3 rings (SSSR count). The summed E-state index contributed by atoms with van der Waals surface area (Å²) in [6.07, 6.45) is 1.08. The van der Waals surface area contributed by atoms with Crippen LogP contribution >= 0.6 is 22.9 Å². The number of aryl methyl sites for hydroxylation is 1. The highest BCUT2D eigenvalue weighted by molar-refractivity contribution is 7.12. The standard InChI is InChI=1S/C15H14ClN3S/c1-2-10-7-8-11(20-10)9-17-15-13-6-4-3-5-12(13)14(16)18-19-15/h3-8H,2,9H2,1H3,(H,17,19). The first-order valence-electron chi connectivity index (χ1n) is 6.50. The summed E-state index contributed by atoms with van der Waals surface area (Å²) in [7, 11) is 0. The topological polar surface area (TPSA) is 37.8 Å². The predicted molar refractivity (Wildman–Crippen MR) is 85.6 cm³/mol. The van der Waals surface area contributed by atoms with E-state index in [9.17, 15) is 0 Å². The molecule has 0 unspecified atom stereocenters. The molecule has 0 aliphatic carbocycles. The molecule has 1 N–H and O–H groups in total. The molecule has 0 bridgehead atoms. The van der Waals surface area contributed by atoms with Gasteiger partial charge in [0.25, 0.3) is 0 Å². The quantitative estimate of drug-likeness (QED) is 0.770. The van der Waals surface area contributed by atoms with Crippen LogP contribution in [-0.2, 0) is 13.0 Å². The van der Waals surface area contributed by atoms with Gasteiger partial charge in [0.1, 0.15) is 0 Å². The first-order chi connectivity index (χ1) is 9.78. The van der Waals surface area contributed by atoms with Crippen molar-refractivity contribution in [2.75, 3.05) is 5.32 Å². The second-order valence-corrected chi connectivity index (χ2v) is 6.07. The third-order valence-corrected chi connectivity index (χ3v) is 4.65. The van der Waals surface area contributed by atoms with E-state index in [-0.39, 0.29) is 0 Å². The van der Waals surface area contributed by atoms with E-state index in [0.717, 1.165) is 29.6 Å². The van der Waals surface area contributed by atoms with E-state index in [1.807, 2.05) is 35.6 Å². The van der Waals surface area contributed by atoms with Crippen LogP contribution in [0.25, 0.3) is 10.8 Å². The first-order valence-corrected chi connectivity index (χ1v) is 7.69. The fourth-order valence-corrected chi connectivity index (χ4v) is 3.18. The van der Waals surface area contributed by atoms with Gasteiger partial charge in [0.2, 0.25) is 0 Å². The van der Waals surface area contributed by atoms with Gasteiger partial charge in [-0.15, -0.1) is 21.5 Å². The van der Waals surface area contributed by atoms with Gasteiger partial charge in [-0.2, -0.15) is 0 Å². The maximum atomic E-state index is 6.07. The van der Waals surface area contributed by atoms with Gasteiger partial charge in [0, 0.05) is 20.5 Å². The smallest absolute Gasteiger partial charge is 0.159 e. The molecule has 20 heavy (non-hydrogen) atoms. The maximum Gasteiger partial charge on any atom is 0.159 e. The van der Waals surface area contributed by atoms with E-state index in [2.05, 4.69) is 34.6 Å². The third kappa shape index (κ3) is 2.62. The number of anilines is 1. The molecule has 0 atom stereocenters. The van der Waals surface area contributed by atoms with E-state index in [0.29, 0.717) is 5.15 Å². The molecule has 2 aromatic heterocycles. The molecule has 0 saturated heterocycles. The minimum Gasteiger partial charge on any atom is -0.363 e. The summed E-state index contributed by atoms with van der Waals surface area (Å²) in [6, 6.07) is 12.2. The Bertz CT molecular complexity index is 739. The average Bonchev–Trinajstić information content (AvgIpc) is 2.95. The van der Waals surface area contributed by atoms with Crippen molar-refractivity contribution in [3.63, 3.8) is 0 Å². The van der Waals surface area contributed by atoms with Crippen LogP contribution in [0.5, 0.6) is 0 Å². The Balaban J connectivity index is 1.86. The van der Waals surface area contributed by atoms with Crippen LogP contribution in [-0.4, -0.2) is 10.2 Å². The predicted octanol–water partition coefficient (Wildman–Crippen LogP) is 4.52. The Morgan fingerprint density at radius 3 is 2.55 bits per heavy atom. The minimum atomic E-state index is 0.440. The molecular formula is C15H14ClN3S. The molecule has 0 amide bonds. The number of benzene rings is 1. The lowest BCUT2D eigenvalue weighted by Gasteiger charge is -2.07. The number of rotatable bonds is 4. The number of thiophene rings is 1. The highest BCUT2D eigenvalue weighted by Gasteiger charge is 2.07. The molecule has 2 heterocycles. The minimum absolute atomic E-state index is 0.440. The lowest BCUT2D eigenvalue weighted by molar-refractivity contribution is 1.02. The molecule has 0 radical (unpaired) electrons. The number of nitrogens with zero attached hydrogens (tertiary/aromatic N) is 2. The molecule has 0 fully saturated rings. The SMILES string of the molecule is CCc1ccc(CNc2nnc(Cl)c3ccccc23)s1. The zero-order valence-electron chi connectivity index (χ0n) is 11.1. The van der Waals surface area contributed by atoms with E-state index in [4.69, 9.17) is 11.6 Å². The average molecular weight is 304 g/mol. The fourth-order valence-electron chi connectivity index (χ4n) is 2.08. The zero-order valence-corrected chi connectivity index (χ0v) is 12.6. The van der Waals surface area contributed by atoms with E-state index < -0.39 is 0 Å². The molecule has 0 saturated carbocycles. The molecular weight excluding hydrogens is 290 g/mol. The summed E-state index contributed by atoms with van der Waals surface area (Å²) in [5, 5.41) is 13.9. The number of hydrogen-bond acceptors (Lipinski definition) is 4. The highest BCUT2D eigenvalue weighted by atomic mass is 35.5. The van der Waals surface area contributed by atoms with E-state index in [1.54, 1.807) is 0 Å². The molecule has 102 valence electrons. The monoisotopic (exact) mass is 303 g/mol. The van der Waals surface area contributed by atoms with Crippen LogP contribution in [0.3, 0.4) is 0 Å². The van der Waals surface area contributed by atoms with Crippen molar-refractivity contribution in [1.82, 2.24) is 10.2 Å². The van der Waals surface area contributed by atoms with Crippen molar-refractivity contribution in [2.45, 2.75) is 19.9 Å². The van der Waals surface area contributed by atoms with Crippen LogP contribution in [0, 0.1) is 0 Å². The number of fused-ring (bicyclic) bond motifs is 1. The van der Waals surface area contributed by atoms with Crippen LogP contribution < -0.4 is 5.32 Å². The maximum absolute atomic E-state index is 6.07. The zero-order chi connectivity index (χ0) is 13.9. The Kier molecular flexibility index (Phi) is 3.85. The molecule has 0 aliphatic heterocycles. The van der Waals surface area contributed by atoms with Gasteiger partial charge in [0.15, 0.2) is 11.0 Å². The molecule has 1 aromatic carbocycles. The normalized spacial score (nSPS) is 10.9. The first kappa shape index (κ1) is 13.3. The van der Waals surface area contributed by atoms with Gasteiger partial charge in [0.05, 0.1) is 6.54 Å². The largest absolute Gasteiger partial charge is 0.363 e. The third-order valence-electron chi connectivity index (χ3n) is 3.14. The Hall–Kier alpha value is -1.65. The Morgan fingerprint density at radius 2 is 1.80 bits per heavy atom. The summed E-state index contributed by atoms with van der Waals surface area (Å²) in [5.41, 5.74) is 0.